The number of aromatic amines is 1. The van der Waals surface area contributed by atoms with Crippen LogP contribution in [0.3, 0.4) is 0 Å². The number of pyridine rings is 1. The van der Waals surface area contributed by atoms with Gasteiger partial charge in [0.25, 0.3) is 5.91 Å². The molecule has 0 aliphatic carbocycles. The van der Waals surface area contributed by atoms with E-state index in [1.54, 1.807) is 30.6 Å². The van der Waals surface area contributed by atoms with E-state index < -0.39 is 5.91 Å². The van der Waals surface area contributed by atoms with Crippen LogP contribution in [-0.4, -0.2) is 31.3 Å². The molecular weight excluding hydrogens is 330 g/mol. The molecular formula is C18H15N7O. The minimum Gasteiger partial charge on any atom is -0.396 e. The number of fused-ring (bicyclic) bond motifs is 1. The van der Waals surface area contributed by atoms with E-state index in [1.165, 1.54) is 0 Å². The number of anilines is 1. The van der Waals surface area contributed by atoms with Crippen LogP contribution in [0.4, 0.5) is 5.69 Å². The molecule has 1 amide bonds. The number of amides is 1. The number of aromatic nitrogens is 5. The molecule has 0 saturated carbocycles. The normalized spacial score (nSPS) is 11.0. The quantitative estimate of drug-likeness (QED) is 0.520. The van der Waals surface area contributed by atoms with E-state index in [9.17, 15) is 4.79 Å². The molecule has 8 heteroatoms. The van der Waals surface area contributed by atoms with Crippen LogP contribution in [0, 0.1) is 6.92 Å². The van der Waals surface area contributed by atoms with E-state index in [-0.39, 0.29) is 11.4 Å². The van der Waals surface area contributed by atoms with E-state index in [0.717, 1.165) is 22.0 Å². The highest BCUT2D eigenvalue weighted by molar-refractivity contribution is 6.05. The summed E-state index contributed by atoms with van der Waals surface area (Å²) in [5, 5.41) is 15.9. The van der Waals surface area contributed by atoms with Gasteiger partial charge in [0.15, 0.2) is 5.69 Å². The number of nitrogen functional groups attached to an aromatic ring is 1. The fourth-order valence-electron chi connectivity index (χ4n) is 3.00. The number of primary amides is 1. The molecule has 0 spiro atoms. The molecule has 0 bridgehead atoms. The first kappa shape index (κ1) is 15.7. The summed E-state index contributed by atoms with van der Waals surface area (Å²) in [6.07, 6.45) is 3.29. The maximum absolute atomic E-state index is 11.9. The first-order valence-electron chi connectivity index (χ1n) is 7.87. The number of hydrogen-bond donors (Lipinski definition) is 3. The van der Waals surface area contributed by atoms with Gasteiger partial charge in [0.2, 0.25) is 0 Å². The first-order chi connectivity index (χ1) is 12.6. The zero-order chi connectivity index (χ0) is 18.3. The topological polar surface area (TPSA) is 136 Å². The van der Waals surface area contributed by atoms with E-state index in [4.69, 9.17) is 11.5 Å². The SMILES string of the molecule is Cc1ccc2[nH]ncc2c1-c1cc(-c2cccnn2)nc(C(N)=O)c1N. The number of H-pyrrole nitrogens is 1. The van der Waals surface area contributed by atoms with Crippen LogP contribution < -0.4 is 11.5 Å². The van der Waals surface area contributed by atoms with Gasteiger partial charge in [-0.05, 0) is 42.3 Å². The summed E-state index contributed by atoms with van der Waals surface area (Å²) >= 11 is 0. The van der Waals surface area contributed by atoms with Crippen molar-refractivity contribution in [2.24, 2.45) is 5.73 Å². The van der Waals surface area contributed by atoms with Crippen LogP contribution in [0.1, 0.15) is 16.1 Å². The summed E-state index contributed by atoms with van der Waals surface area (Å²) in [5.41, 5.74) is 16.3. The molecule has 5 N–H and O–H groups in total. The van der Waals surface area contributed by atoms with E-state index >= 15 is 0 Å². The molecule has 0 saturated heterocycles. The molecule has 1 aromatic carbocycles. The fraction of sp³-hybridized carbons (Fsp3) is 0.0556. The highest BCUT2D eigenvalue weighted by Gasteiger charge is 2.20. The monoisotopic (exact) mass is 345 g/mol. The molecule has 8 nitrogen and oxygen atoms in total. The van der Waals surface area contributed by atoms with Gasteiger partial charge in [0.05, 0.1) is 23.1 Å². The van der Waals surface area contributed by atoms with Crippen LogP contribution >= 0.6 is 0 Å². The number of nitrogens with zero attached hydrogens (tertiary/aromatic N) is 4. The molecule has 0 aliphatic heterocycles. The maximum atomic E-state index is 11.9. The van der Waals surface area contributed by atoms with Gasteiger partial charge in [-0.2, -0.15) is 10.2 Å². The Morgan fingerprint density at radius 3 is 2.77 bits per heavy atom. The van der Waals surface area contributed by atoms with Crippen LogP contribution in [0.25, 0.3) is 33.4 Å². The highest BCUT2D eigenvalue weighted by atomic mass is 16.1. The largest absolute Gasteiger partial charge is 0.396 e. The standard InChI is InChI=1S/C18H15N7O/c1-9-4-5-12-11(8-22-24-12)15(9)10-7-14(13-3-2-6-21-25-13)23-17(16(10)19)18(20)26/h2-8H,19H2,1H3,(H2,20,26)(H,22,24). The van der Waals surface area contributed by atoms with Crippen molar-refractivity contribution in [2.45, 2.75) is 6.92 Å². The predicted octanol–water partition coefficient (Wildman–Crippen LogP) is 2.07. The Labute approximate surface area is 148 Å². The predicted molar refractivity (Wildman–Crippen MR) is 98.0 cm³/mol. The zero-order valence-corrected chi connectivity index (χ0v) is 13.9. The van der Waals surface area contributed by atoms with Crippen molar-refractivity contribution >= 4 is 22.5 Å². The summed E-state index contributed by atoms with van der Waals surface area (Å²) in [6, 6.07) is 9.19. The molecule has 4 rings (SSSR count). The Hall–Kier alpha value is -3.81. The van der Waals surface area contributed by atoms with Crippen LogP contribution in [0.2, 0.25) is 0 Å². The molecule has 26 heavy (non-hydrogen) atoms. The van der Waals surface area contributed by atoms with Gasteiger partial charge in [0, 0.05) is 17.1 Å². The Balaban J connectivity index is 2.07. The van der Waals surface area contributed by atoms with Crippen molar-refractivity contribution in [1.29, 1.82) is 0 Å². The second kappa shape index (κ2) is 5.92. The molecule has 0 atom stereocenters. The second-order valence-electron chi connectivity index (χ2n) is 5.88. The van der Waals surface area contributed by atoms with Crippen molar-refractivity contribution < 1.29 is 4.79 Å². The maximum Gasteiger partial charge on any atom is 0.269 e. The third-order valence-electron chi connectivity index (χ3n) is 4.23. The Kier molecular flexibility index (Phi) is 3.58. The van der Waals surface area contributed by atoms with Gasteiger partial charge >= 0.3 is 0 Å². The number of nitrogens with one attached hydrogen (secondary N) is 1. The van der Waals surface area contributed by atoms with Gasteiger partial charge in [0.1, 0.15) is 5.69 Å². The second-order valence-corrected chi connectivity index (χ2v) is 5.88. The molecule has 0 radical (unpaired) electrons. The number of carbonyl (C=O) groups excluding carboxylic acids is 1. The van der Waals surface area contributed by atoms with E-state index in [1.807, 2.05) is 19.1 Å². The minimum atomic E-state index is -0.702. The van der Waals surface area contributed by atoms with E-state index in [2.05, 4.69) is 25.4 Å². The summed E-state index contributed by atoms with van der Waals surface area (Å²) in [5.74, 6) is -0.702. The van der Waals surface area contributed by atoms with Crippen molar-refractivity contribution in [3.8, 4) is 22.5 Å². The number of benzene rings is 1. The Morgan fingerprint density at radius 1 is 1.19 bits per heavy atom. The molecule has 3 heterocycles. The number of nitrogens with two attached hydrogens (primary N) is 2. The smallest absolute Gasteiger partial charge is 0.269 e. The highest BCUT2D eigenvalue weighted by Crippen LogP contribution is 2.37. The van der Waals surface area contributed by atoms with Crippen LogP contribution in [0.5, 0.6) is 0 Å². The van der Waals surface area contributed by atoms with Crippen molar-refractivity contribution in [3.05, 3.63) is 54.0 Å². The van der Waals surface area contributed by atoms with Gasteiger partial charge in [-0.25, -0.2) is 4.98 Å². The zero-order valence-electron chi connectivity index (χ0n) is 13.9. The van der Waals surface area contributed by atoms with Gasteiger partial charge in [-0.1, -0.05) is 6.07 Å². The Morgan fingerprint density at radius 2 is 2.04 bits per heavy atom. The Bertz CT molecular complexity index is 1140. The lowest BCUT2D eigenvalue weighted by molar-refractivity contribution is 0.0996. The van der Waals surface area contributed by atoms with Crippen LogP contribution in [-0.2, 0) is 0 Å². The minimum absolute atomic E-state index is 0.00283. The first-order valence-corrected chi connectivity index (χ1v) is 7.87. The molecule has 0 aliphatic rings. The number of hydrogen-bond acceptors (Lipinski definition) is 6. The average Bonchev–Trinajstić information content (AvgIpc) is 3.11. The molecule has 3 aromatic heterocycles. The van der Waals surface area contributed by atoms with Crippen LogP contribution in [0.15, 0.2) is 42.7 Å². The third kappa shape index (κ3) is 2.44. The van der Waals surface area contributed by atoms with Crippen molar-refractivity contribution in [3.63, 3.8) is 0 Å². The van der Waals surface area contributed by atoms with Crippen molar-refractivity contribution in [1.82, 2.24) is 25.4 Å². The summed E-state index contributed by atoms with van der Waals surface area (Å²) in [7, 11) is 0. The average molecular weight is 345 g/mol. The van der Waals surface area contributed by atoms with Crippen molar-refractivity contribution in [2.75, 3.05) is 5.73 Å². The molecule has 128 valence electrons. The molecule has 4 aromatic rings. The lowest BCUT2D eigenvalue weighted by atomic mass is 9.94. The number of rotatable bonds is 3. The lowest BCUT2D eigenvalue weighted by Crippen LogP contribution is -2.17. The third-order valence-corrected chi connectivity index (χ3v) is 4.23. The summed E-state index contributed by atoms with van der Waals surface area (Å²) in [6.45, 7) is 1.97. The van der Waals surface area contributed by atoms with Gasteiger partial charge in [-0.3, -0.25) is 9.89 Å². The summed E-state index contributed by atoms with van der Waals surface area (Å²) < 4.78 is 0. The number of aryl methyl sites for hydroxylation is 1. The molecule has 0 fully saturated rings. The number of carbonyl (C=O) groups is 1. The van der Waals surface area contributed by atoms with Gasteiger partial charge in [-0.15, -0.1) is 5.10 Å². The lowest BCUT2D eigenvalue weighted by Gasteiger charge is -2.14. The van der Waals surface area contributed by atoms with E-state index in [0.29, 0.717) is 17.0 Å². The fourth-order valence-corrected chi connectivity index (χ4v) is 3.00. The van der Waals surface area contributed by atoms with Gasteiger partial charge < -0.3 is 11.5 Å². The molecule has 0 unspecified atom stereocenters. The summed E-state index contributed by atoms with van der Waals surface area (Å²) in [4.78, 5) is 16.2.